The fraction of sp³-hybridized carbons (Fsp3) is 0.741. The maximum absolute atomic E-state index is 13.0. The molecule has 3 rings (SSSR count). The molecule has 9 heteroatoms. The summed E-state index contributed by atoms with van der Waals surface area (Å²) in [6.45, 7) is 6.06. The van der Waals surface area contributed by atoms with E-state index in [1.165, 1.54) is 19.3 Å². The van der Waals surface area contributed by atoms with Gasteiger partial charge in [-0.2, -0.15) is 0 Å². The molecule has 1 aromatic rings. The SMILES string of the molecule is O=C(NCCCCCCC(=O)N(OCCN1CCOCC1)C1CCCCC1)NCCc1ccncc1. The number of rotatable bonds is 15. The average Bonchev–Trinajstić information content (AvgIpc) is 2.92. The van der Waals surface area contributed by atoms with Crippen LogP contribution in [0.3, 0.4) is 0 Å². The number of nitrogens with zero attached hydrogens (tertiary/aromatic N) is 3. The van der Waals surface area contributed by atoms with E-state index in [9.17, 15) is 9.59 Å². The Hall–Kier alpha value is -2.23. The standard InChI is InChI=1S/C27H45N5O4/c33-26(32(25-8-4-3-5-9-25)36-23-20-31-18-21-35-22-19-31)10-6-1-2-7-14-29-27(34)30-17-13-24-11-15-28-16-12-24/h11-12,15-16,25H,1-10,13-14,17-23H2,(H2,29,30,34). The first-order valence-corrected chi connectivity index (χ1v) is 13.9. The molecule has 0 atom stereocenters. The normalized spacial score (nSPS) is 17.0. The van der Waals surface area contributed by atoms with E-state index in [0.29, 0.717) is 26.1 Å². The van der Waals surface area contributed by atoms with Crippen molar-refractivity contribution in [1.29, 1.82) is 0 Å². The molecule has 0 aromatic carbocycles. The van der Waals surface area contributed by atoms with Gasteiger partial charge in [-0.05, 0) is 49.8 Å². The van der Waals surface area contributed by atoms with Crippen molar-refractivity contribution in [3.63, 3.8) is 0 Å². The lowest BCUT2D eigenvalue weighted by molar-refractivity contribution is -0.205. The zero-order valence-electron chi connectivity index (χ0n) is 21.8. The van der Waals surface area contributed by atoms with Crippen molar-refractivity contribution in [1.82, 2.24) is 25.6 Å². The number of morpholine rings is 1. The van der Waals surface area contributed by atoms with Crippen LogP contribution in [0.1, 0.15) is 69.8 Å². The molecule has 2 N–H and O–H groups in total. The molecule has 36 heavy (non-hydrogen) atoms. The Bertz CT molecular complexity index is 739. The molecular weight excluding hydrogens is 458 g/mol. The largest absolute Gasteiger partial charge is 0.379 e. The van der Waals surface area contributed by atoms with Crippen LogP contribution in [0.25, 0.3) is 0 Å². The van der Waals surface area contributed by atoms with Crippen LogP contribution in [0.4, 0.5) is 4.79 Å². The highest BCUT2D eigenvalue weighted by Crippen LogP contribution is 2.24. The number of urea groups is 1. The maximum Gasteiger partial charge on any atom is 0.314 e. The van der Waals surface area contributed by atoms with Gasteiger partial charge in [-0.1, -0.05) is 32.1 Å². The Morgan fingerprint density at radius 1 is 1.00 bits per heavy atom. The molecule has 1 aliphatic carbocycles. The van der Waals surface area contributed by atoms with Gasteiger partial charge in [0.05, 0.1) is 25.9 Å². The van der Waals surface area contributed by atoms with Crippen molar-refractivity contribution in [2.75, 3.05) is 52.5 Å². The lowest BCUT2D eigenvalue weighted by Crippen LogP contribution is -2.44. The molecule has 9 nitrogen and oxygen atoms in total. The molecule has 0 unspecified atom stereocenters. The number of amides is 3. The molecule has 0 bridgehead atoms. The summed E-state index contributed by atoms with van der Waals surface area (Å²) in [6.07, 6.45) is 14.2. The van der Waals surface area contributed by atoms with Crippen LogP contribution in [0.15, 0.2) is 24.5 Å². The minimum absolute atomic E-state index is 0.121. The van der Waals surface area contributed by atoms with Gasteiger partial charge in [-0.25, -0.2) is 9.86 Å². The summed E-state index contributed by atoms with van der Waals surface area (Å²) in [7, 11) is 0. The third-order valence-electron chi connectivity index (χ3n) is 6.95. The van der Waals surface area contributed by atoms with E-state index < -0.39 is 0 Å². The fourth-order valence-electron chi connectivity index (χ4n) is 4.79. The van der Waals surface area contributed by atoms with E-state index in [1.54, 1.807) is 17.5 Å². The van der Waals surface area contributed by atoms with Gasteiger partial charge >= 0.3 is 6.03 Å². The number of pyridine rings is 1. The number of aromatic nitrogens is 1. The Morgan fingerprint density at radius 2 is 1.72 bits per heavy atom. The molecule has 1 saturated carbocycles. The van der Waals surface area contributed by atoms with Gasteiger partial charge in [0.2, 0.25) is 5.91 Å². The fourth-order valence-corrected chi connectivity index (χ4v) is 4.79. The predicted molar refractivity (Wildman–Crippen MR) is 139 cm³/mol. The molecule has 1 aliphatic heterocycles. The van der Waals surface area contributed by atoms with Crippen LogP contribution in [0.5, 0.6) is 0 Å². The highest BCUT2D eigenvalue weighted by atomic mass is 16.7. The van der Waals surface area contributed by atoms with Crippen molar-refractivity contribution in [2.24, 2.45) is 0 Å². The summed E-state index contributed by atoms with van der Waals surface area (Å²) in [5, 5.41) is 7.52. The van der Waals surface area contributed by atoms with E-state index in [-0.39, 0.29) is 18.0 Å². The maximum atomic E-state index is 13.0. The average molecular weight is 504 g/mol. The second-order valence-corrected chi connectivity index (χ2v) is 9.75. The molecule has 0 spiro atoms. The monoisotopic (exact) mass is 503 g/mol. The molecule has 2 heterocycles. The van der Waals surface area contributed by atoms with Crippen LogP contribution in [0, 0.1) is 0 Å². The van der Waals surface area contributed by atoms with Gasteiger partial charge in [0.15, 0.2) is 0 Å². The lowest BCUT2D eigenvalue weighted by Gasteiger charge is -2.34. The zero-order valence-corrected chi connectivity index (χ0v) is 21.8. The predicted octanol–water partition coefficient (Wildman–Crippen LogP) is 3.30. The number of carbonyl (C=O) groups excluding carboxylic acids is 2. The molecule has 1 saturated heterocycles. The third-order valence-corrected chi connectivity index (χ3v) is 6.95. The molecule has 2 fully saturated rings. The topological polar surface area (TPSA) is 96.0 Å². The molecular formula is C27H45N5O4. The van der Waals surface area contributed by atoms with E-state index in [1.807, 2.05) is 12.1 Å². The van der Waals surface area contributed by atoms with Crippen molar-refractivity contribution in [3.8, 4) is 0 Å². The highest BCUT2D eigenvalue weighted by molar-refractivity contribution is 5.75. The number of unbranched alkanes of at least 4 members (excludes halogenated alkanes) is 3. The van der Waals surface area contributed by atoms with Gasteiger partial charge in [0.1, 0.15) is 0 Å². The van der Waals surface area contributed by atoms with E-state index in [4.69, 9.17) is 9.57 Å². The van der Waals surface area contributed by atoms with Gasteiger partial charge in [-0.15, -0.1) is 0 Å². The highest BCUT2D eigenvalue weighted by Gasteiger charge is 2.26. The molecule has 202 valence electrons. The number of hydrogen-bond donors (Lipinski definition) is 2. The molecule has 0 radical (unpaired) electrons. The minimum Gasteiger partial charge on any atom is -0.379 e. The van der Waals surface area contributed by atoms with Gasteiger partial charge in [0.25, 0.3) is 0 Å². The zero-order chi connectivity index (χ0) is 25.3. The van der Waals surface area contributed by atoms with Crippen molar-refractivity contribution < 1.29 is 19.2 Å². The van der Waals surface area contributed by atoms with Crippen LogP contribution in [-0.2, 0) is 20.8 Å². The Kier molecular flexibility index (Phi) is 13.6. The number of ether oxygens (including phenoxy) is 1. The first-order valence-electron chi connectivity index (χ1n) is 13.9. The van der Waals surface area contributed by atoms with Gasteiger partial charge in [-0.3, -0.25) is 19.5 Å². The second-order valence-electron chi connectivity index (χ2n) is 9.75. The Balaban J connectivity index is 1.24. The summed E-state index contributed by atoms with van der Waals surface area (Å²) in [5.41, 5.74) is 1.16. The summed E-state index contributed by atoms with van der Waals surface area (Å²) in [6, 6.07) is 4.00. The van der Waals surface area contributed by atoms with Crippen molar-refractivity contribution in [3.05, 3.63) is 30.1 Å². The Labute approximate surface area is 216 Å². The summed E-state index contributed by atoms with van der Waals surface area (Å²) < 4.78 is 5.41. The molecule has 2 aliphatic rings. The van der Waals surface area contributed by atoms with Crippen LogP contribution < -0.4 is 10.6 Å². The van der Waals surface area contributed by atoms with Gasteiger partial charge in [0, 0.05) is 51.5 Å². The third kappa shape index (κ3) is 11.2. The van der Waals surface area contributed by atoms with E-state index >= 15 is 0 Å². The minimum atomic E-state index is -0.128. The van der Waals surface area contributed by atoms with Crippen LogP contribution in [-0.4, -0.2) is 85.5 Å². The quantitative estimate of drug-likeness (QED) is 0.282. The number of carbonyl (C=O) groups is 2. The summed E-state index contributed by atoms with van der Waals surface area (Å²) in [4.78, 5) is 37.3. The van der Waals surface area contributed by atoms with E-state index in [2.05, 4.69) is 20.5 Å². The Morgan fingerprint density at radius 3 is 2.50 bits per heavy atom. The molecule has 1 aromatic heterocycles. The van der Waals surface area contributed by atoms with Crippen molar-refractivity contribution >= 4 is 11.9 Å². The second kappa shape index (κ2) is 17.3. The van der Waals surface area contributed by atoms with Gasteiger partial charge < -0.3 is 15.4 Å². The summed E-state index contributed by atoms with van der Waals surface area (Å²) >= 11 is 0. The number of hydroxylamine groups is 2. The number of nitrogens with one attached hydrogen (secondary N) is 2. The first-order chi connectivity index (χ1) is 17.7. The first kappa shape index (κ1) is 28.3. The van der Waals surface area contributed by atoms with Crippen molar-refractivity contribution in [2.45, 2.75) is 76.7 Å². The van der Waals surface area contributed by atoms with E-state index in [0.717, 1.165) is 83.4 Å². The van der Waals surface area contributed by atoms with Crippen LogP contribution >= 0.6 is 0 Å². The lowest BCUT2D eigenvalue weighted by atomic mass is 9.95. The summed E-state index contributed by atoms with van der Waals surface area (Å²) in [5.74, 6) is 0.121. The number of hydrogen-bond acceptors (Lipinski definition) is 6. The molecule has 3 amide bonds. The smallest absolute Gasteiger partial charge is 0.314 e. The van der Waals surface area contributed by atoms with Crippen LogP contribution in [0.2, 0.25) is 0 Å².